The summed E-state index contributed by atoms with van der Waals surface area (Å²) < 4.78 is 0. The van der Waals surface area contributed by atoms with Crippen molar-refractivity contribution in [2.24, 2.45) is 0 Å². The Kier molecular flexibility index (Phi) is 4.85. The maximum absolute atomic E-state index is 12.1. The summed E-state index contributed by atoms with van der Waals surface area (Å²) in [5, 5.41) is 24.3. The van der Waals surface area contributed by atoms with Crippen molar-refractivity contribution in [3.8, 4) is 11.5 Å². The van der Waals surface area contributed by atoms with Crippen LogP contribution >= 0.6 is 0 Å². The van der Waals surface area contributed by atoms with Gasteiger partial charge >= 0.3 is 0 Å². The summed E-state index contributed by atoms with van der Waals surface area (Å²) in [6.45, 7) is 0. The van der Waals surface area contributed by atoms with Gasteiger partial charge in [-0.3, -0.25) is 9.59 Å². The summed E-state index contributed by atoms with van der Waals surface area (Å²) in [5.74, 6) is -0.666. The molecule has 0 aromatic heterocycles. The number of nitrogens with one attached hydrogen (secondary N) is 2. The first-order chi connectivity index (χ1) is 12.5. The molecule has 0 fully saturated rings. The van der Waals surface area contributed by atoms with E-state index in [0.29, 0.717) is 22.5 Å². The second-order valence-electron chi connectivity index (χ2n) is 5.59. The van der Waals surface area contributed by atoms with Gasteiger partial charge in [0.15, 0.2) is 0 Å². The number of carbonyl (C=O) groups is 2. The number of rotatable bonds is 4. The van der Waals surface area contributed by atoms with E-state index in [0.717, 1.165) is 0 Å². The Morgan fingerprint density at radius 3 is 1.35 bits per heavy atom. The van der Waals surface area contributed by atoms with Gasteiger partial charge in [0, 0.05) is 22.5 Å². The molecule has 0 saturated heterocycles. The second kappa shape index (κ2) is 7.40. The van der Waals surface area contributed by atoms with E-state index in [2.05, 4.69) is 10.6 Å². The quantitative estimate of drug-likeness (QED) is 0.579. The van der Waals surface area contributed by atoms with Crippen molar-refractivity contribution in [2.75, 3.05) is 10.6 Å². The van der Waals surface area contributed by atoms with E-state index in [1.165, 1.54) is 24.3 Å². The van der Waals surface area contributed by atoms with Gasteiger partial charge in [0.2, 0.25) is 0 Å². The number of aromatic hydroxyl groups is 2. The Morgan fingerprint density at radius 1 is 0.615 bits per heavy atom. The molecule has 0 atom stereocenters. The lowest BCUT2D eigenvalue weighted by Gasteiger charge is -2.08. The average Bonchev–Trinajstić information content (AvgIpc) is 2.63. The highest BCUT2D eigenvalue weighted by Crippen LogP contribution is 2.18. The van der Waals surface area contributed by atoms with Crippen molar-refractivity contribution in [1.29, 1.82) is 0 Å². The highest BCUT2D eigenvalue weighted by atomic mass is 16.3. The SMILES string of the molecule is O=C(Nc1ccc(NC(=O)c2cccc(O)c2)cc1)c1cccc(O)c1. The molecule has 0 radical (unpaired) electrons. The van der Waals surface area contributed by atoms with Crippen LogP contribution < -0.4 is 10.6 Å². The molecule has 0 aliphatic heterocycles. The number of phenolic OH excluding ortho intramolecular Hbond substituents is 2. The molecule has 6 heteroatoms. The summed E-state index contributed by atoms with van der Waals surface area (Å²) in [5.41, 5.74) is 1.78. The zero-order valence-corrected chi connectivity index (χ0v) is 13.6. The topological polar surface area (TPSA) is 98.7 Å². The molecule has 0 saturated carbocycles. The fraction of sp³-hybridized carbons (Fsp3) is 0. The highest BCUT2D eigenvalue weighted by molar-refractivity contribution is 6.06. The van der Waals surface area contributed by atoms with Gasteiger partial charge in [-0.05, 0) is 60.7 Å². The van der Waals surface area contributed by atoms with E-state index in [-0.39, 0.29) is 23.3 Å². The number of anilines is 2. The van der Waals surface area contributed by atoms with Gasteiger partial charge in [-0.1, -0.05) is 12.1 Å². The molecule has 6 nitrogen and oxygen atoms in total. The molecule has 0 spiro atoms. The number of amides is 2. The third-order valence-electron chi connectivity index (χ3n) is 3.62. The molecular weight excluding hydrogens is 332 g/mol. The summed E-state index contributed by atoms with van der Waals surface area (Å²) in [7, 11) is 0. The Bertz CT molecular complexity index is 874. The van der Waals surface area contributed by atoms with Crippen LogP contribution in [-0.2, 0) is 0 Å². The lowest BCUT2D eigenvalue weighted by molar-refractivity contribution is 0.101. The molecule has 0 unspecified atom stereocenters. The summed E-state index contributed by atoms with van der Waals surface area (Å²) in [6, 6.07) is 18.7. The molecule has 2 amide bonds. The maximum Gasteiger partial charge on any atom is 0.255 e. The van der Waals surface area contributed by atoms with Crippen molar-refractivity contribution >= 4 is 23.2 Å². The van der Waals surface area contributed by atoms with E-state index in [1.54, 1.807) is 48.5 Å². The zero-order chi connectivity index (χ0) is 18.5. The number of hydrogen-bond donors (Lipinski definition) is 4. The van der Waals surface area contributed by atoms with Gasteiger partial charge in [0.05, 0.1) is 0 Å². The minimum Gasteiger partial charge on any atom is -0.508 e. The predicted molar refractivity (Wildman–Crippen MR) is 98.6 cm³/mol. The first-order valence-corrected chi connectivity index (χ1v) is 7.82. The molecule has 0 aliphatic carbocycles. The van der Waals surface area contributed by atoms with Gasteiger partial charge in [0.25, 0.3) is 11.8 Å². The molecule has 130 valence electrons. The Balaban J connectivity index is 1.65. The normalized spacial score (nSPS) is 10.2. The van der Waals surface area contributed by atoms with Crippen LogP contribution in [0.15, 0.2) is 72.8 Å². The van der Waals surface area contributed by atoms with Gasteiger partial charge in [-0.25, -0.2) is 0 Å². The molecule has 0 bridgehead atoms. The van der Waals surface area contributed by atoms with E-state index in [9.17, 15) is 19.8 Å². The molecule has 0 aliphatic rings. The molecule has 3 aromatic rings. The number of benzene rings is 3. The van der Waals surface area contributed by atoms with Crippen LogP contribution in [0.2, 0.25) is 0 Å². The van der Waals surface area contributed by atoms with Gasteiger partial charge in [-0.15, -0.1) is 0 Å². The first-order valence-electron chi connectivity index (χ1n) is 7.82. The van der Waals surface area contributed by atoms with Crippen molar-refractivity contribution in [2.45, 2.75) is 0 Å². The van der Waals surface area contributed by atoms with Crippen molar-refractivity contribution < 1.29 is 19.8 Å². The van der Waals surface area contributed by atoms with Gasteiger partial charge in [0.1, 0.15) is 11.5 Å². The van der Waals surface area contributed by atoms with Crippen molar-refractivity contribution in [1.82, 2.24) is 0 Å². The third-order valence-corrected chi connectivity index (χ3v) is 3.62. The lowest BCUT2D eigenvalue weighted by atomic mass is 10.2. The minimum atomic E-state index is -0.350. The molecule has 4 N–H and O–H groups in total. The Morgan fingerprint density at radius 2 is 1.00 bits per heavy atom. The van der Waals surface area contributed by atoms with E-state index in [4.69, 9.17) is 0 Å². The van der Waals surface area contributed by atoms with E-state index in [1.807, 2.05) is 0 Å². The fourth-order valence-electron chi connectivity index (χ4n) is 2.34. The van der Waals surface area contributed by atoms with Crippen LogP contribution in [0.25, 0.3) is 0 Å². The molecule has 3 aromatic carbocycles. The average molecular weight is 348 g/mol. The molecular formula is C20H16N2O4. The van der Waals surface area contributed by atoms with Crippen LogP contribution in [-0.4, -0.2) is 22.0 Å². The zero-order valence-electron chi connectivity index (χ0n) is 13.6. The first kappa shape index (κ1) is 17.0. The van der Waals surface area contributed by atoms with Crippen LogP contribution in [0, 0.1) is 0 Å². The van der Waals surface area contributed by atoms with Crippen LogP contribution in [0.4, 0.5) is 11.4 Å². The molecule has 3 rings (SSSR count). The van der Waals surface area contributed by atoms with E-state index < -0.39 is 0 Å². The van der Waals surface area contributed by atoms with Gasteiger partial charge in [-0.2, -0.15) is 0 Å². The Labute approximate surface area is 149 Å². The van der Waals surface area contributed by atoms with Gasteiger partial charge < -0.3 is 20.8 Å². The number of hydrogen-bond acceptors (Lipinski definition) is 4. The summed E-state index contributed by atoms with van der Waals surface area (Å²) in [4.78, 5) is 24.3. The maximum atomic E-state index is 12.1. The minimum absolute atomic E-state index is 0.0164. The Hall–Kier alpha value is -3.80. The van der Waals surface area contributed by atoms with Crippen LogP contribution in [0.3, 0.4) is 0 Å². The standard InChI is InChI=1S/C20H16N2O4/c23-17-5-1-3-13(11-17)19(25)21-15-7-9-16(10-8-15)22-20(26)14-4-2-6-18(24)12-14/h1-12,23-24H,(H,21,25)(H,22,26). The fourth-order valence-corrected chi connectivity index (χ4v) is 2.34. The largest absolute Gasteiger partial charge is 0.508 e. The highest BCUT2D eigenvalue weighted by Gasteiger charge is 2.09. The second-order valence-corrected chi connectivity index (χ2v) is 5.59. The predicted octanol–water partition coefficient (Wildman–Crippen LogP) is 3.60. The van der Waals surface area contributed by atoms with Crippen LogP contribution in [0.1, 0.15) is 20.7 Å². The third kappa shape index (κ3) is 4.18. The van der Waals surface area contributed by atoms with Crippen molar-refractivity contribution in [3.63, 3.8) is 0 Å². The van der Waals surface area contributed by atoms with Crippen LogP contribution in [0.5, 0.6) is 11.5 Å². The molecule has 26 heavy (non-hydrogen) atoms. The monoisotopic (exact) mass is 348 g/mol. The van der Waals surface area contributed by atoms with E-state index >= 15 is 0 Å². The number of carbonyl (C=O) groups excluding carboxylic acids is 2. The van der Waals surface area contributed by atoms with Crippen molar-refractivity contribution in [3.05, 3.63) is 83.9 Å². The number of phenols is 2. The smallest absolute Gasteiger partial charge is 0.255 e. The lowest BCUT2D eigenvalue weighted by Crippen LogP contribution is -2.13. The molecule has 0 heterocycles. The summed E-state index contributed by atoms with van der Waals surface area (Å²) >= 11 is 0. The summed E-state index contributed by atoms with van der Waals surface area (Å²) in [6.07, 6.45) is 0.